The molecule has 0 aliphatic heterocycles. The van der Waals surface area contributed by atoms with Gasteiger partial charge >= 0.3 is 0 Å². The molecule has 0 saturated carbocycles. The van der Waals surface area contributed by atoms with E-state index >= 15 is 0 Å². The normalized spacial score (nSPS) is 12.1. The van der Waals surface area contributed by atoms with Crippen LogP contribution in [0.3, 0.4) is 0 Å². The zero-order valence-electron chi connectivity index (χ0n) is 14.5. The van der Waals surface area contributed by atoms with Crippen molar-refractivity contribution >= 4 is 17.7 Å². The second kappa shape index (κ2) is 9.42. The van der Waals surface area contributed by atoms with Gasteiger partial charge in [-0.15, -0.1) is 5.10 Å². The Morgan fingerprint density at radius 2 is 2.04 bits per heavy atom. The zero-order chi connectivity index (χ0) is 17.4. The Balaban J connectivity index is 1.85. The van der Waals surface area contributed by atoms with E-state index in [9.17, 15) is 4.79 Å². The molecular formula is C17H25N5OS. The Hall–Kier alpha value is -1.89. The first-order valence-electron chi connectivity index (χ1n) is 8.37. The number of tetrazole rings is 1. The van der Waals surface area contributed by atoms with E-state index in [0.29, 0.717) is 10.9 Å². The van der Waals surface area contributed by atoms with Gasteiger partial charge in [0, 0.05) is 6.04 Å². The number of carbonyl (C=O) groups excluding carboxylic acids is 1. The molecule has 1 amide bonds. The highest BCUT2D eigenvalue weighted by molar-refractivity contribution is 7.99. The van der Waals surface area contributed by atoms with E-state index in [1.54, 1.807) is 4.68 Å². The van der Waals surface area contributed by atoms with Gasteiger partial charge in [-0.25, -0.2) is 0 Å². The van der Waals surface area contributed by atoms with Crippen LogP contribution in [0.25, 0.3) is 5.69 Å². The number of hydrogen-bond donors (Lipinski definition) is 1. The van der Waals surface area contributed by atoms with Crippen molar-refractivity contribution in [3.05, 3.63) is 29.8 Å². The molecule has 1 unspecified atom stereocenters. The molecule has 1 aromatic heterocycles. The summed E-state index contributed by atoms with van der Waals surface area (Å²) in [6.45, 7) is 6.26. The SMILES string of the molecule is CCCCCC(C)NC(=O)CSc1nnnn1-c1ccc(C)cc1. The lowest BCUT2D eigenvalue weighted by Crippen LogP contribution is -2.33. The number of benzene rings is 1. The largest absolute Gasteiger partial charge is 0.353 e. The molecule has 1 atom stereocenters. The maximum Gasteiger partial charge on any atom is 0.230 e. The number of hydrogen-bond acceptors (Lipinski definition) is 5. The number of nitrogens with one attached hydrogen (secondary N) is 1. The molecule has 7 heteroatoms. The first-order chi connectivity index (χ1) is 11.6. The van der Waals surface area contributed by atoms with Gasteiger partial charge in [0.2, 0.25) is 11.1 Å². The predicted molar refractivity (Wildman–Crippen MR) is 96.4 cm³/mol. The minimum atomic E-state index is 0.0162. The summed E-state index contributed by atoms with van der Waals surface area (Å²) in [5, 5.41) is 15.4. The molecule has 24 heavy (non-hydrogen) atoms. The molecule has 0 aliphatic carbocycles. The van der Waals surface area contributed by atoms with Crippen molar-refractivity contribution in [2.75, 3.05) is 5.75 Å². The van der Waals surface area contributed by atoms with Gasteiger partial charge in [0.05, 0.1) is 11.4 Å². The Kier molecular flexibility index (Phi) is 7.24. The molecule has 0 radical (unpaired) electrons. The number of aryl methyl sites for hydroxylation is 1. The van der Waals surface area contributed by atoms with Crippen molar-refractivity contribution in [3.63, 3.8) is 0 Å². The fourth-order valence-electron chi connectivity index (χ4n) is 2.34. The first kappa shape index (κ1) is 18.4. The maximum absolute atomic E-state index is 12.1. The number of amides is 1. The number of carbonyl (C=O) groups is 1. The molecule has 0 bridgehead atoms. The summed E-state index contributed by atoms with van der Waals surface area (Å²) < 4.78 is 1.65. The van der Waals surface area contributed by atoms with Gasteiger partial charge in [-0.2, -0.15) is 4.68 Å². The van der Waals surface area contributed by atoms with Crippen LogP contribution in [0.2, 0.25) is 0 Å². The van der Waals surface area contributed by atoms with Crippen LogP contribution in [-0.4, -0.2) is 37.9 Å². The van der Waals surface area contributed by atoms with Crippen LogP contribution < -0.4 is 5.32 Å². The lowest BCUT2D eigenvalue weighted by atomic mass is 10.1. The molecule has 0 fully saturated rings. The maximum atomic E-state index is 12.1. The summed E-state index contributed by atoms with van der Waals surface area (Å²) >= 11 is 1.35. The Labute approximate surface area is 147 Å². The summed E-state index contributed by atoms with van der Waals surface area (Å²) in [6, 6.07) is 8.15. The number of aromatic nitrogens is 4. The highest BCUT2D eigenvalue weighted by Gasteiger charge is 2.13. The van der Waals surface area contributed by atoms with Gasteiger partial charge in [-0.3, -0.25) is 4.79 Å². The third-order valence-electron chi connectivity index (χ3n) is 3.70. The number of thioether (sulfide) groups is 1. The summed E-state index contributed by atoms with van der Waals surface area (Å²) in [5.41, 5.74) is 2.07. The van der Waals surface area contributed by atoms with E-state index in [2.05, 4.69) is 34.7 Å². The van der Waals surface area contributed by atoms with Crippen LogP contribution in [0.15, 0.2) is 29.4 Å². The lowest BCUT2D eigenvalue weighted by molar-refractivity contribution is -0.119. The molecule has 130 valence electrons. The third-order valence-corrected chi connectivity index (χ3v) is 4.62. The Bertz CT molecular complexity index is 641. The van der Waals surface area contributed by atoms with Gasteiger partial charge in [-0.05, 0) is 42.8 Å². The van der Waals surface area contributed by atoms with Crippen LogP contribution in [0.4, 0.5) is 0 Å². The Morgan fingerprint density at radius 3 is 2.75 bits per heavy atom. The van der Waals surface area contributed by atoms with Crippen molar-refractivity contribution in [1.29, 1.82) is 0 Å². The summed E-state index contributed by atoms with van der Waals surface area (Å²) in [5.74, 6) is 0.326. The molecule has 1 N–H and O–H groups in total. The fraction of sp³-hybridized carbons (Fsp3) is 0.529. The molecular weight excluding hydrogens is 322 g/mol. The highest BCUT2D eigenvalue weighted by Crippen LogP contribution is 2.18. The van der Waals surface area contributed by atoms with E-state index in [1.807, 2.05) is 31.2 Å². The van der Waals surface area contributed by atoms with E-state index in [1.165, 1.54) is 30.2 Å². The first-order valence-corrected chi connectivity index (χ1v) is 9.36. The smallest absolute Gasteiger partial charge is 0.230 e. The van der Waals surface area contributed by atoms with Crippen molar-refractivity contribution in [1.82, 2.24) is 25.5 Å². The summed E-state index contributed by atoms with van der Waals surface area (Å²) in [6.07, 6.45) is 4.57. The average Bonchev–Trinajstić information content (AvgIpc) is 3.02. The van der Waals surface area contributed by atoms with Gasteiger partial charge in [0.1, 0.15) is 0 Å². The minimum Gasteiger partial charge on any atom is -0.353 e. The van der Waals surface area contributed by atoms with Gasteiger partial charge < -0.3 is 5.32 Å². The van der Waals surface area contributed by atoms with Crippen LogP contribution in [0.5, 0.6) is 0 Å². The van der Waals surface area contributed by atoms with Crippen molar-refractivity contribution in [3.8, 4) is 5.69 Å². The van der Waals surface area contributed by atoms with Crippen molar-refractivity contribution in [2.45, 2.75) is 57.7 Å². The van der Waals surface area contributed by atoms with Crippen molar-refractivity contribution in [2.24, 2.45) is 0 Å². The molecule has 0 aliphatic rings. The zero-order valence-corrected chi connectivity index (χ0v) is 15.3. The number of unbranched alkanes of at least 4 members (excludes halogenated alkanes) is 2. The van der Waals surface area contributed by atoms with Crippen LogP contribution in [-0.2, 0) is 4.79 Å². The van der Waals surface area contributed by atoms with Crippen molar-refractivity contribution < 1.29 is 4.79 Å². The van der Waals surface area contributed by atoms with Gasteiger partial charge in [-0.1, -0.05) is 55.6 Å². The molecule has 0 spiro atoms. The monoisotopic (exact) mass is 347 g/mol. The molecule has 1 heterocycles. The Morgan fingerprint density at radius 1 is 1.29 bits per heavy atom. The topological polar surface area (TPSA) is 72.7 Å². The second-order valence-electron chi connectivity index (χ2n) is 5.96. The summed E-state index contributed by atoms with van der Waals surface area (Å²) in [7, 11) is 0. The lowest BCUT2D eigenvalue weighted by Gasteiger charge is -2.13. The van der Waals surface area contributed by atoms with Crippen LogP contribution in [0.1, 0.15) is 45.1 Å². The highest BCUT2D eigenvalue weighted by atomic mass is 32.2. The van der Waals surface area contributed by atoms with Crippen LogP contribution in [0, 0.1) is 6.92 Å². The summed E-state index contributed by atoms with van der Waals surface area (Å²) in [4.78, 5) is 12.1. The molecule has 0 saturated heterocycles. The van der Waals surface area contributed by atoms with Gasteiger partial charge in [0.15, 0.2) is 0 Å². The second-order valence-corrected chi connectivity index (χ2v) is 6.90. The van der Waals surface area contributed by atoms with E-state index in [-0.39, 0.29) is 11.9 Å². The van der Waals surface area contributed by atoms with Crippen LogP contribution >= 0.6 is 11.8 Å². The molecule has 2 rings (SSSR count). The minimum absolute atomic E-state index is 0.0162. The van der Waals surface area contributed by atoms with Gasteiger partial charge in [0.25, 0.3) is 0 Å². The molecule has 6 nitrogen and oxygen atoms in total. The number of nitrogens with zero attached hydrogens (tertiary/aromatic N) is 4. The molecule has 2 aromatic rings. The molecule has 1 aromatic carbocycles. The third kappa shape index (κ3) is 5.63. The van der Waals surface area contributed by atoms with E-state index < -0.39 is 0 Å². The van der Waals surface area contributed by atoms with E-state index in [0.717, 1.165) is 18.5 Å². The number of rotatable bonds is 9. The standard InChI is InChI=1S/C17H25N5OS/c1-4-5-6-7-14(3)18-16(23)12-24-17-19-20-21-22(17)15-10-8-13(2)9-11-15/h8-11,14H,4-7,12H2,1-3H3,(H,18,23). The van der Waals surface area contributed by atoms with E-state index in [4.69, 9.17) is 0 Å². The quantitative estimate of drug-likeness (QED) is 0.557. The fourth-order valence-corrected chi connectivity index (χ4v) is 3.04. The predicted octanol–water partition coefficient (Wildman–Crippen LogP) is 3.15. The average molecular weight is 347 g/mol.